The van der Waals surface area contributed by atoms with E-state index in [0.29, 0.717) is 0 Å². The molecule has 0 radical (unpaired) electrons. The fourth-order valence-corrected chi connectivity index (χ4v) is 0.883. The number of phenols is 1. The Labute approximate surface area is 86.7 Å². The Hall–Kier alpha value is -1.46. The molecule has 14 heavy (non-hydrogen) atoms. The molecular formula is C8H10ClNO4. The lowest BCUT2D eigenvalue weighted by molar-refractivity contribution is 0.0706. The number of amides is 1. The molecule has 0 bridgehead atoms. The van der Waals surface area contributed by atoms with Gasteiger partial charge in [0.25, 0.3) is 5.91 Å². The molecule has 0 heterocycles. The topological polar surface area (TPSA) is 78.8 Å². The van der Waals surface area contributed by atoms with Crippen LogP contribution in [0.3, 0.4) is 0 Å². The number of carbonyl (C=O) groups is 1. The Morgan fingerprint density at radius 1 is 1.50 bits per heavy atom. The number of benzene rings is 1. The van der Waals surface area contributed by atoms with Crippen molar-refractivity contribution in [3.8, 4) is 11.5 Å². The van der Waals surface area contributed by atoms with Gasteiger partial charge in [-0.1, -0.05) is 0 Å². The fourth-order valence-electron chi connectivity index (χ4n) is 0.883. The maximum Gasteiger partial charge on any atom is 0.274 e. The maximum absolute atomic E-state index is 10.9. The van der Waals surface area contributed by atoms with E-state index in [1.807, 2.05) is 0 Å². The van der Waals surface area contributed by atoms with Crippen LogP contribution in [0.5, 0.6) is 11.5 Å². The molecule has 0 unspecified atom stereocenters. The van der Waals surface area contributed by atoms with Crippen molar-refractivity contribution < 1.29 is 19.8 Å². The molecule has 0 spiro atoms. The number of rotatable bonds is 2. The minimum Gasteiger partial charge on any atom is -0.504 e. The minimum absolute atomic E-state index is 0. The van der Waals surface area contributed by atoms with Crippen LogP contribution in [-0.2, 0) is 0 Å². The van der Waals surface area contributed by atoms with Gasteiger partial charge in [-0.2, -0.15) is 0 Å². The molecule has 0 aliphatic carbocycles. The third kappa shape index (κ3) is 2.51. The molecule has 1 amide bonds. The van der Waals surface area contributed by atoms with E-state index >= 15 is 0 Å². The Bertz CT molecular complexity index is 329. The summed E-state index contributed by atoms with van der Waals surface area (Å²) in [6, 6.07) is 3.99. The molecule has 0 fully saturated rings. The summed E-state index contributed by atoms with van der Waals surface area (Å²) in [6.07, 6.45) is 0. The van der Waals surface area contributed by atoms with Crippen LogP contribution in [0, 0.1) is 0 Å². The van der Waals surface area contributed by atoms with Gasteiger partial charge in [0.15, 0.2) is 11.5 Å². The second-order valence-electron chi connectivity index (χ2n) is 2.33. The van der Waals surface area contributed by atoms with Crippen LogP contribution in [-0.4, -0.2) is 23.3 Å². The van der Waals surface area contributed by atoms with Crippen LogP contribution in [0.1, 0.15) is 10.4 Å². The Morgan fingerprint density at radius 3 is 2.64 bits per heavy atom. The molecular weight excluding hydrogens is 210 g/mol. The van der Waals surface area contributed by atoms with Crippen LogP contribution >= 0.6 is 12.4 Å². The summed E-state index contributed by atoms with van der Waals surface area (Å²) in [7, 11) is 1.37. The molecule has 0 saturated carbocycles. The number of hydrogen-bond acceptors (Lipinski definition) is 4. The van der Waals surface area contributed by atoms with E-state index in [0.717, 1.165) is 0 Å². The quantitative estimate of drug-likeness (QED) is 0.511. The summed E-state index contributed by atoms with van der Waals surface area (Å²) in [5.41, 5.74) is 1.68. The lowest BCUT2D eigenvalue weighted by Gasteiger charge is -2.04. The summed E-state index contributed by atoms with van der Waals surface area (Å²) in [6.45, 7) is 0. The van der Waals surface area contributed by atoms with E-state index < -0.39 is 5.91 Å². The maximum atomic E-state index is 10.9. The van der Waals surface area contributed by atoms with Gasteiger partial charge in [-0.15, -0.1) is 12.4 Å². The zero-order chi connectivity index (χ0) is 9.84. The second kappa shape index (κ2) is 5.31. The number of phenolic OH excluding ortho intramolecular Hbond substituents is 1. The van der Waals surface area contributed by atoms with Crippen LogP contribution in [0.4, 0.5) is 0 Å². The van der Waals surface area contributed by atoms with E-state index in [4.69, 9.17) is 9.94 Å². The molecule has 0 atom stereocenters. The summed E-state index contributed by atoms with van der Waals surface area (Å²) < 4.78 is 4.77. The van der Waals surface area contributed by atoms with Gasteiger partial charge in [0.1, 0.15) is 0 Å². The Morgan fingerprint density at radius 2 is 2.14 bits per heavy atom. The monoisotopic (exact) mass is 219 g/mol. The highest BCUT2D eigenvalue weighted by molar-refractivity contribution is 5.94. The second-order valence-corrected chi connectivity index (χ2v) is 2.33. The van der Waals surface area contributed by atoms with Crippen LogP contribution in [0.15, 0.2) is 18.2 Å². The van der Waals surface area contributed by atoms with Gasteiger partial charge in [0, 0.05) is 5.56 Å². The van der Waals surface area contributed by atoms with E-state index in [1.54, 1.807) is 0 Å². The third-order valence-corrected chi connectivity index (χ3v) is 1.54. The molecule has 3 N–H and O–H groups in total. The highest BCUT2D eigenvalue weighted by Crippen LogP contribution is 2.25. The lowest BCUT2D eigenvalue weighted by Crippen LogP contribution is -2.18. The van der Waals surface area contributed by atoms with Crippen molar-refractivity contribution in [2.45, 2.75) is 0 Å². The zero-order valence-electron chi connectivity index (χ0n) is 7.35. The molecule has 5 nitrogen and oxygen atoms in total. The SMILES string of the molecule is COc1cc(C(=O)NO)ccc1O.Cl. The van der Waals surface area contributed by atoms with Crippen LogP contribution < -0.4 is 10.2 Å². The smallest absolute Gasteiger partial charge is 0.274 e. The van der Waals surface area contributed by atoms with Crippen molar-refractivity contribution in [3.63, 3.8) is 0 Å². The standard InChI is InChI=1S/C8H9NO4.ClH/c1-13-7-4-5(8(11)9-12)2-3-6(7)10;/h2-4,10,12H,1H3,(H,9,11);1H. The molecule has 1 aromatic rings. The van der Waals surface area contributed by atoms with Gasteiger partial charge >= 0.3 is 0 Å². The summed E-state index contributed by atoms with van der Waals surface area (Å²) in [5.74, 6) is -0.531. The predicted octanol–water partition coefficient (Wildman–Crippen LogP) is 0.942. The molecule has 0 saturated heterocycles. The lowest BCUT2D eigenvalue weighted by atomic mass is 10.2. The van der Waals surface area contributed by atoms with Crippen LogP contribution in [0.25, 0.3) is 0 Å². The first kappa shape index (κ1) is 12.5. The van der Waals surface area contributed by atoms with Crippen molar-refractivity contribution in [2.75, 3.05) is 7.11 Å². The Balaban J connectivity index is 0.00000169. The van der Waals surface area contributed by atoms with Crippen LogP contribution in [0.2, 0.25) is 0 Å². The molecule has 0 aliphatic rings. The van der Waals surface area contributed by atoms with Gasteiger partial charge in [-0.3, -0.25) is 10.0 Å². The largest absolute Gasteiger partial charge is 0.504 e. The molecule has 6 heteroatoms. The molecule has 1 rings (SSSR count). The Kier molecular flexibility index (Phi) is 4.76. The van der Waals surface area contributed by atoms with Gasteiger partial charge < -0.3 is 9.84 Å². The van der Waals surface area contributed by atoms with Crippen molar-refractivity contribution in [1.29, 1.82) is 0 Å². The van der Waals surface area contributed by atoms with E-state index in [2.05, 4.69) is 0 Å². The van der Waals surface area contributed by atoms with Crippen molar-refractivity contribution in [3.05, 3.63) is 23.8 Å². The highest BCUT2D eigenvalue weighted by Gasteiger charge is 2.07. The van der Waals surface area contributed by atoms with E-state index in [1.165, 1.54) is 30.8 Å². The number of methoxy groups -OCH3 is 1. The highest BCUT2D eigenvalue weighted by atomic mass is 35.5. The van der Waals surface area contributed by atoms with E-state index in [9.17, 15) is 9.90 Å². The first-order chi connectivity index (χ1) is 6.19. The fraction of sp³-hybridized carbons (Fsp3) is 0.125. The number of carbonyl (C=O) groups excluding carboxylic acids is 1. The van der Waals surface area contributed by atoms with Crippen molar-refractivity contribution >= 4 is 18.3 Å². The number of ether oxygens (including phenoxy) is 1. The zero-order valence-corrected chi connectivity index (χ0v) is 8.17. The number of nitrogens with one attached hydrogen (secondary N) is 1. The number of hydroxylamine groups is 1. The molecule has 0 aromatic heterocycles. The normalized spacial score (nSPS) is 8.71. The molecule has 1 aromatic carbocycles. The number of aromatic hydroxyl groups is 1. The molecule has 0 aliphatic heterocycles. The molecule has 78 valence electrons. The summed E-state index contributed by atoms with van der Waals surface area (Å²) in [5, 5.41) is 17.5. The summed E-state index contributed by atoms with van der Waals surface area (Å²) >= 11 is 0. The average Bonchev–Trinajstić information content (AvgIpc) is 2.17. The van der Waals surface area contributed by atoms with Crippen molar-refractivity contribution in [2.24, 2.45) is 0 Å². The predicted molar refractivity (Wildman–Crippen MR) is 51.2 cm³/mol. The minimum atomic E-state index is -0.654. The van der Waals surface area contributed by atoms with Gasteiger partial charge in [-0.25, -0.2) is 5.48 Å². The van der Waals surface area contributed by atoms with Gasteiger partial charge in [0.05, 0.1) is 7.11 Å². The average molecular weight is 220 g/mol. The van der Waals surface area contributed by atoms with Crippen molar-refractivity contribution in [1.82, 2.24) is 5.48 Å². The number of halogens is 1. The van der Waals surface area contributed by atoms with E-state index in [-0.39, 0.29) is 29.5 Å². The third-order valence-electron chi connectivity index (χ3n) is 1.54. The van der Waals surface area contributed by atoms with Gasteiger partial charge in [-0.05, 0) is 18.2 Å². The van der Waals surface area contributed by atoms with Gasteiger partial charge in [0.2, 0.25) is 0 Å². The first-order valence-corrected chi connectivity index (χ1v) is 3.50. The number of hydrogen-bond donors (Lipinski definition) is 3. The first-order valence-electron chi connectivity index (χ1n) is 3.50. The summed E-state index contributed by atoms with van der Waals surface area (Å²) in [4.78, 5) is 10.9.